The van der Waals surface area contributed by atoms with E-state index < -0.39 is 12.1 Å². The van der Waals surface area contributed by atoms with Gasteiger partial charge in [-0.05, 0) is 37.0 Å². The highest BCUT2D eigenvalue weighted by atomic mass is 16.7. The molecule has 8 heteroatoms. The molecule has 2 aliphatic heterocycles. The lowest BCUT2D eigenvalue weighted by Crippen LogP contribution is -2.35. The van der Waals surface area contributed by atoms with Crippen LogP contribution in [-0.2, 0) is 16.1 Å². The van der Waals surface area contributed by atoms with Crippen LogP contribution in [-0.4, -0.2) is 41.6 Å². The van der Waals surface area contributed by atoms with Gasteiger partial charge in [0.15, 0.2) is 11.5 Å². The number of hydrogen-bond acceptors (Lipinski definition) is 5. The Kier molecular flexibility index (Phi) is 4.87. The second-order valence-corrected chi connectivity index (χ2v) is 7.20. The first-order valence-corrected chi connectivity index (χ1v) is 9.40. The average Bonchev–Trinajstić information content (AvgIpc) is 3.37. The zero-order valence-electron chi connectivity index (χ0n) is 15.0. The summed E-state index contributed by atoms with van der Waals surface area (Å²) in [6.07, 6.45) is 4.88. The number of nitrogens with zero attached hydrogens (tertiary/aromatic N) is 1. The van der Waals surface area contributed by atoms with Gasteiger partial charge in [0, 0.05) is 12.5 Å². The van der Waals surface area contributed by atoms with Gasteiger partial charge in [0.25, 0.3) is 5.91 Å². The van der Waals surface area contributed by atoms with Crippen LogP contribution in [0.1, 0.15) is 44.1 Å². The lowest BCUT2D eigenvalue weighted by molar-refractivity contribution is -0.128. The average molecular weight is 373 g/mol. The van der Waals surface area contributed by atoms with Gasteiger partial charge in [-0.15, -0.1) is 0 Å². The molecule has 2 fully saturated rings. The molecule has 1 aromatic rings. The minimum atomic E-state index is -0.652. The van der Waals surface area contributed by atoms with E-state index in [4.69, 9.17) is 9.47 Å². The largest absolute Gasteiger partial charge is 0.454 e. The fourth-order valence-electron chi connectivity index (χ4n) is 3.79. The number of imide groups is 1. The van der Waals surface area contributed by atoms with E-state index in [-0.39, 0.29) is 37.6 Å². The molecule has 27 heavy (non-hydrogen) atoms. The van der Waals surface area contributed by atoms with Crippen molar-refractivity contribution >= 4 is 17.8 Å². The fourth-order valence-corrected chi connectivity index (χ4v) is 3.79. The van der Waals surface area contributed by atoms with E-state index in [0.717, 1.165) is 31.2 Å². The van der Waals surface area contributed by atoms with Crippen molar-refractivity contribution in [2.45, 2.75) is 57.2 Å². The number of nitrogens with one attached hydrogen (secondary N) is 2. The molecule has 4 amide bonds. The second-order valence-electron chi connectivity index (χ2n) is 7.20. The number of carbonyl (C=O) groups excluding carboxylic acids is 3. The number of urea groups is 1. The number of carbonyl (C=O) groups is 3. The lowest BCUT2D eigenvalue weighted by Gasteiger charge is -2.14. The summed E-state index contributed by atoms with van der Waals surface area (Å²) in [5, 5.41) is 5.68. The van der Waals surface area contributed by atoms with Gasteiger partial charge in [-0.2, -0.15) is 0 Å². The van der Waals surface area contributed by atoms with Gasteiger partial charge in [-0.3, -0.25) is 14.5 Å². The van der Waals surface area contributed by atoms with Gasteiger partial charge in [-0.1, -0.05) is 18.9 Å². The number of benzene rings is 1. The Morgan fingerprint density at radius 1 is 1.19 bits per heavy atom. The predicted octanol–water partition coefficient (Wildman–Crippen LogP) is 1.67. The first-order chi connectivity index (χ1) is 13.1. The van der Waals surface area contributed by atoms with Crippen molar-refractivity contribution in [3.05, 3.63) is 23.8 Å². The molecular weight excluding hydrogens is 350 g/mol. The summed E-state index contributed by atoms with van der Waals surface area (Å²) in [7, 11) is 0. The summed E-state index contributed by atoms with van der Waals surface area (Å²) >= 11 is 0. The third-order valence-electron chi connectivity index (χ3n) is 5.27. The Morgan fingerprint density at radius 3 is 2.78 bits per heavy atom. The van der Waals surface area contributed by atoms with Gasteiger partial charge in [-0.25, -0.2) is 4.79 Å². The molecule has 0 radical (unpaired) electrons. The van der Waals surface area contributed by atoms with E-state index >= 15 is 0 Å². The van der Waals surface area contributed by atoms with Gasteiger partial charge < -0.3 is 20.1 Å². The van der Waals surface area contributed by atoms with Gasteiger partial charge >= 0.3 is 6.03 Å². The molecule has 0 unspecified atom stereocenters. The predicted molar refractivity (Wildman–Crippen MR) is 95.1 cm³/mol. The topological polar surface area (TPSA) is 97.0 Å². The third-order valence-corrected chi connectivity index (χ3v) is 5.27. The van der Waals surface area contributed by atoms with E-state index in [9.17, 15) is 14.4 Å². The number of fused-ring (bicyclic) bond motifs is 1. The molecule has 0 aromatic heterocycles. The van der Waals surface area contributed by atoms with Crippen LogP contribution in [0, 0.1) is 0 Å². The molecule has 1 aliphatic carbocycles. The Bertz CT molecular complexity index is 760. The summed E-state index contributed by atoms with van der Waals surface area (Å²) in [6, 6.07) is 4.51. The standard InChI is InChI=1S/C19H23N3O5/c23-17(20-13-3-1-2-4-13)8-6-14-18(24)22(19(25)21-14)10-12-5-7-15-16(9-12)27-11-26-15/h5,7,9,13-14H,1-4,6,8,10-11H2,(H,20,23)(H,21,25)/t14-/m0/s1. The zero-order chi connectivity index (χ0) is 18.8. The molecule has 0 bridgehead atoms. The van der Waals surface area contributed by atoms with Crippen LogP contribution < -0.4 is 20.1 Å². The normalized spacial score (nSPS) is 21.6. The molecule has 8 nitrogen and oxygen atoms in total. The minimum Gasteiger partial charge on any atom is -0.454 e. The van der Waals surface area contributed by atoms with Gasteiger partial charge in [0.1, 0.15) is 6.04 Å². The first kappa shape index (κ1) is 17.6. The Balaban J connectivity index is 1.31. The van der Waals surface area contributed by atoms with Crippen LogP contribution in [0.2, 0.25) is 0 Å². The summed E-state index contributed by atoms with van der Waals surface area (Å²) in [4.78, 5) is 38.0. The molecule has 1 saturated carbocycles. The third kappa shape index (κ3) is 3.84. The summed E-state index contributed by atoms with van der Waals surface area (Å²) in [5.74, 6) is 0.909. The van der Waals surface area contributed by atoms with Crippen LogP contribution in [0.25, 0.3) is 0 Å². The number of amides is 4. The quantitative estimate of drug-likeness (QED) is 0.740. The van der Waals surface area contributed by atoms with Gasteiger partial charge in [0.05, 0.1) is 6.54 Å². The smallest absolute Gasteiger partial charge is 0.325 e. The number of ether oxygens (including phenoxy) is 2. The van der Waals surface area contributed by atoms with Crippen molar-refractivity contribution in [1.29, 1.82) is 0 Å². The van der Waals surface area contributed by atoms with Crippen molar-refractivity contribution in [3.63, 3.8) is 0 Å². The van der Waals surface area contributed by atoms with E-state index in [2.05, 4.69) is 10.6 Å². The van der Waals surface area contributed by atoms with Gasteiger partial charge in [0.2, 0.25) is 12.7 Å². The molecule has 3 aliphatic rings. The van der Waals surface area contributed by atoms with Crippen molar-refractivity contribution in [2.75, 3.05) is 6.79 Å². The van der Waals surface area contributed by atoms with Crippen molar-refractivity contribution in [3.8, 4) is 11.5 Å². The molecule has 0 spiro atoms. The van der Waals surface area contributed by atoms with E-state index in [1.165, 1.54) is 4.90 Å². The molecule has 4 rings (SSSR count). The lowest BCUT2D eigenvalue weighted by atomic mass is 10.1. The molecule has 2 heterocycles. The van der Waals surface area contributed by atoms with E-state index in [1.54, 1.807) is 18.2 Å². The Hall–Kier alpha value is -2.77. The SMILES string of the molecule is O=C(CC[C@@H]1NC(=O)N(Cc2ccc3c(c2)OCO3)C1=O)NC1CCCC1. The summed E-state index contributed by atoms with van der Waals surface area (Å²) < 4.78 is 10.6. The number of hydrogen-bond donors (Lipinski definition) is 2. The monoisotopic (exact) mass is 373 g/mol. The molecule has 2 N–H and O–H groups in total. The molecule has 1 saturated heterocycles. The van der Waals surface area contributed by atoms with Crippen LogP contribution in [0.3, 0.4) is 0 Å². The van der Waals surface area contributed by atoms with Crippen molar-refractivity contribution in [1.82, 2.24) is 15.5 Å². The maximum Gasteiger partial charge on any atom is 0.325 e. The maximum absolute atomic E-state index is 12.6. The highest BCUT2D eigenvalue weighted by Crippen LogP contribution is 2.33. The number of rotatable bonds is 6. The highest BCUT2D eigenvalue weighted by Gasteiger charge is 2.38. The highest BCUT2D eigenvalue weighted by molar-refractivity contribution is 6.04. The van der Waals surface area contributed by atoms with Crippen LogP contribution in [0.15, 0.2) is 18.2 Å². The fraction of sp³-hybridized carbons (Fsp3) is 0.526. The Labute approximate surface area is 157 Å². The van der Waals surface area contributed by atoms with Crippen molar-refractivity contribution in [2.24, 2.45) is 0 Å². The molecule has 1 aromatic carbocycles. The first-order valence-electron chi connectivity index (χ1n) is 9.40. The van der Waals surface area contributed by atoms with E-state index in [1.807, 2.05) is 0 Å². The second kappa shape index (κ2) is 7.46. The summed E-state index contributed by atoms with van der Waals surface area (Å²) in [5.41, 5.74) is 0.780. The minimum absolute atomic E-state index is 0.0573. The van der Waals surface area contributed by atoms with E-state index in [0.29, 0.717) is 17.9 Å². The van der Waals surface area contributed by atoms with Crippen molar-refractivity contribution < 1.29 is 23.9 Å². The molecular formula is C19H23N3O5. The zero-order valence-corrected chi connectivity index (χ0v) is 15.0. The van der Waals surface area contributed by atoms with Crippen LogP contribution >= 0.6 is 0 Å². The maximum atomic E-state index is 12.6. The molecule has 1 atom stereocenters. The van der Waals surface area contributed by atoms with Crippen LogP contribution in [0.4, 0.5) is 4.79 Å². The Morgan fingerprint density at radius 2 is 1.96 bits per heavy atom. The van der Waals surface area contributed by atoms with Crippen LogP contribution in [0.5, 0.6) is 11.5 Å². The molecule has 144 valence electrons. The summed E-state index contributed by atoms with van der Waals surface area (Å²) in [6.45, 7) is 0.332.